The Kier molecular flexibility index (Phi) is 3.63. The van der Waals surface area contributed by atoms with Gasteiger partial charge in [0, 0.05) is 32.2 Å². The zero-order valence-corrected chi connectivity index (χ0v) is 10.5. The summed E-state index contributed by atoms with van der Waals surface area (Å²) in [5, 5.41) is 2.56. The molecule has 1 unspecified atom stereocenters. The molecule has 1 atom stereocenters. The zero-order valence-electron chi connectivity index (χ0n) is 10.5. The van der Waals surface area contributed by atoms with E-state index < -0.39 is 0 Å². The summed E-state index contributed by atoms with van der Waals surface area (Å²) in [7, 11) is 4.16. The Bertz CT molecular complexity index is 321. The molecule has 2 aliphatic rings. The van der Waals surface area contributed by atoms with Crippen LogP contribution in [0.4, 0.5) is 0 Å². The Morgan fingerprint density at radius 3 is 2.82 bits per heavy atom. The Morgan fingerprint density at radius 2 is 2.06 bits per heavy atom. The smallest absolute Gasteiger partial charge is 0.242 e. The number of piperazine rings is 2. The molecule has 0 radical (unpaired) electrons. The standard InChI is InChI=1S/C11H20N4O2/c1-13-3-4-14(2)9(6-13)7-15-8-10(16)12-5-11(15)17/h9H,3-8H2,1-2H3,(H,12,16). The van der Waals surface area contributed by atoms with Crippen LogP contribution in [0.1, 0.15) is 0 Å². The number of amides is 2. The molecule has 0 aromatic heterocycles. The van der Waals surface area contributed by atoms with Crippen LogP contribution >= 0.6 is 0 Å². The summed E-state index contributed by atoms with van der Waals surface area (Å²) >= 11 is 0. The second kappa shape index (κ2) is 5.01. The van der Waals surface area contributed by atoms with Gasteiger partial charge in [-0.1, -0.05) is 0 Å². The van der Waals surface area contributed by atoms with E-state index in [4.69, 9.17) is 0 Å². The molecule has 2 saturated heterocycles. The molecule has 2 fully saturated rings. The van der Waals surface area contributed by atoms with E-state index in [1.165, 1.54) is 0 Å². The predicted octanol–water partition coefficient (Wildman–Crippen LogP) is -1.81. The Morgan fingerprint density at radius 1 is 1.29 bits per heavy atom. The number of hydrogen-bond acceptors (Lipinski definition) is 4. The molecule has 0 spiro atoms. The first-order chi connectivity index (χ1) is 8.06. The monoisotopic (exact) mass is 240 g/mol. The maximum atomic E-state index is 11.7. The number of carbonyl (C=O) groups is 2. The molecule has 0 saturated carbocycles. The van der Waals surface area contributed by atoms with Gasteiger partial charge in [-0.15, -0.1) is 0 Å². The molecule has 1 N–H and O–H groups in total. The van der Waals surface area contributed by atoms with Crippen LogP contribution in [0.25, 0.3) is 0 Å². The highest BCUT2D eigenvalue weighted by atomic mass is 16.2. The van der Waals surface area contributed by atoms with Gasteiger partial charge in [0.15, 0.2) is 0 Å². The summed E-state index contributed by atoms with van der Waals surface area (Å²) in [6, 6.07) is 0.323. The van der Waals surface area contributed by atoms with Crippen LogP contribution in [0.5, 0.6) is 0 Å². The van der Waals surface area contributed by atoms with Gasteiger partial charge in [0.1, 0.15) is 0 Å². The highest BCUT2D eigenvalue weighted by Gasteiger charge is 2.29. The maximum Gasteiger partial charge on any atom is 0.242 e. The number of hydrogen-bond donors (Lipinski definition) is 1. The summed E-state index contributed by atoms with van der Waals surface area (Å²) < 4.78 is 0. The first kappa shape index (κ1) is 12.3. The van der Waals surface area contributed by atoms with Crippen molar-refractivity contribution in [3.8, 4) is 0 Å². The van der Waals surface area contributed by atoms with Crippen molar-refractivity contribution in [3.63, 3.8) is 0 Å². The second-order valence-electron chi connectivity index (χ2n) is 4.95. The van der Waals surface area contributed by atoms with Gasteiger partial charge in [0.05, 0.1) is 13.1 Å². The van der Waals surface area contributed by atoms with Crippen molar-refractivity contribution in [1.29, 1.82) is 0 Å². The molecular formula is C11H20N4O2. The minimum absolute atomic E-state index is 0.0197. The van der Waals surface area contributed by atoms with Crippen molar-refractivity contribution in [1.82, 2.24) is 20.0 Å². The topological polar surface area (TPSA) is 55.9 Å². The minimum atomic E-state index is -0.0589. The van der Waals surface area contributed by atoms with Crippen LogP contribution < -0.4 is 5.32 Å². The lowest BCUT2D eigenvalue weighted by Gasteiger charge is -2.40. The fourth-order valence-electron chi connectivity index (χ4n) is 2.32. The quantitative estimate of drug-likeness (QED) is 0.618. The molecule has 6 heteroatoms. The van der Waals surface area contributed by atoms with E-state index in [0.717, 1.165) is 19.6 Å². The van der Waals surface area contributed by atoms with Crippen molar-refractivity contribution >= 4 is 11.8 Å². The van der Waals surface area contributed by atoms with Crippen molar-refractivity contribution in [3.05, 3.63) is 0 Å². The van der Waals surface area contributed by atoms with Crippen LogP contribution in [-0.4, -0.2) is 85.9 Å². The van der Waals surface area contributed by atoms with Gasteiger partial charge in [0.25, 0.3) is 0 Å². The highest BCUT2D eigenvalue weighted by Crippen LogP contribution is 2.09. The predicted molar refractivity (Wildman–Crippen MR) is 63.5 cm³/mol. The third-order valence-corrected chi connectivity index (χ3v) is 3.54. The van der Waals surface area contributed by atoms with Crippen LogP contribution in [0.2, 0.25) is 0 Å². The van der Waals surface area contributed by atoms with E-state index in [1.807, 2.05) is 0 Å². The largest absolute Gasteiger partial charge is 0.345 e. The number of carbonyl (C=O) groups excluding carboxylic acids is 2. The van der Waals surface area contributed by atoms with Gasteiger partial charge < -0.3 is 15.1 Å². The van der Waals surface area contributed by atoms with E-state index in [1.54, 1.807) is 4.90 Å². The number of nitrogens with one attached hydrogen (secondary N) is 1. The lowest BCUT2D eigenvalue weighted by molar-refractivity contribution is -0.141. The van der Waals surface area contributed by atoms with E-state index in [0.29, 0.717) is 12.6 Å². The van der Waals surface area contributed by atoms with E-state index in [9.17, 15) is 9.59 Å². The molecule has 0 aromatic rings. The molecule has 2 rings (SSSR count). The number of likely N-dealkylation sites (N-methyl/N-ethyl adjacent to an activating group) is 2. The fourth-order valence-corrected chi connectivity index (χ4v) is 2.32. The van der Waals surface area contributed by atoms with Crippen LogP contribution in [-0.2, 0) is 9.59 Å². The lowest BCUT2D eigenvalue weighted by atomic mass is 10.1. The Labute approximate surface area is 102 Å². The van der Waals surface area contributed by atoms with Gasteiger partial charge >= 0.3 is 0 Å². The lowest BCUT2D eigenvalue weighted by Crippen LogP contribution is -2.59. The third kappa shape index (κ3) is 2.95. The van der Waals surface area contributed by atoms with Crippen LogP contribution in [0.3, 0.4) is 0 Å². The van der Waals surface area contributed by atoms with Gasteiger partial charge in [-0.25, -0.2) is 0 Å². The summed E-state index contributed by atoms with van der Waals surface area (Å²) in [6.07, 6.45) is 0. The summed E-state index contributed by atoms with van der Waals surface area (Å²) in [5.41, 5.74) is 0. The third-order valence-electron chi connectivity index (χ3n) is 3.54. The Balaban J connectivity index is 1.94. The van der Waals surface area contributed by atoms with Crippen molar-refractivity contribution in [2.24, 2.45) is 0 Å². The minimum Gasteiger partial charge on any atom is -0.345 e. The number of rotatable bonds is 2. The fraction of sp³-hybridized carbons (Fsp3) is 0.818. The van der Waals surface area contributed by atoms with Crippen molar-refractivity contribution in [2.75, 3.05) is 53.4 Å². The molecular weight excluding hydrogens is 220 g/mol. The highest BCUT2D eigenvalue weighted by molar-refractivity contribution is 5.92. The average Bonchev–Trinajstić information content (AvgIpc) is 2.28. The first-order valence-corrected chi connectivity index (χ1v) is 5.99. The molecule has 2 heterocycles. The van der Waals surface area contributed by atoms with Crippen molar-refractivity contribution in [2.45, 2.75) is 6.04 Å². The molecule has 0 bridgehead atoms. The van der Waals surface area contributed by atoms with Crippen molar-refractivity contribution < 1.29 is 9.59 Å². The van der Waals surface area contributed by atoms with Gasteiger partial charge in [-0.3, -0.25) is 14.5 Å². The van der Waals surface area contributed by atoms with Crippen LogP contribution in [0.15, 0.2) is 0 Å². The summed E-state index contributed by atoms with van der Waals surface area (Å²) in [4.78, 5) is 29.2. The van der Waals surface area contributed by atoms with Gasteiger partial charge in [-0.2, -0.15) is 0 Å². The SMILES string of the molecule is CN1CCN(C)C(CN2CC(=O)NCC2=O)C1. The second-order valence-corrected chi connectivity index (χ2v) is 4.95. The summed E-state index contributed by atoms with van der Waals surface area (Å²) in [6.45, 7) is 4.00. The van der Waals surface area contributed by atoms with Gasteiger partial charge in [0.2, 0.25) is 11.8 Å². The number of nitrogens with zero attached hydrogens (tertiary/aromatic N) is 3. The summed E-state index contributed by atoms with van der Waals surface area (Å²) in [5.74, 6) is -0.0392. The molecule has 0 aliphatic carbocycles. The molecule has 0 aromatic carbocycles. The van der Waals surface area contributed by atoms with E-state index >= 15 is 0 Å². The molecule has 2 aliphatic heterocycles. The molecule has 96 valence electrons. The van der Waals surface area contributed by atoms with Gasteiger partial charge in [-0.05, 0) is 14.1 Å². The zero-order chi connectivity index (χ0) is 12.4. The van der Waals surface area contributed by atoms with Crippen LogP contribution in [0, 0.1) is 0 Å². The Hall–Kier alpha value is -1.14. The normalized spacial score (nSPS) is 28.4. The molecule has 2 amide bonds. The van der Waals surface area contributed by atoms with E-state index in [-0.39, 0.29) is 24.9 Å². The maximum absolute atomic E-state index is 11.7. The molecule has 6 nitrogen and oxygen atoms in total. The molecule has 17 heavy (non-hydrogen) atoms. The van der Waals surface area contributed by atoms with E-state index in [2.05, 4.69) is 29.2 Å². The first-order valence-electron chi connectivity index (χ1n) is 5.99. The average molecular weight is 240 g/mol.